The number of nitrogens with zero attached hydrogens (tertiary/aromatic N) is 1. The lowest BCUT2D eigenvalue weighted by Crippen LogP contribution is -2.38. The average Bonchev–Trinajstić information content (AvgIpc) is 2.45. The van der Waals surface area contributed by atoms with Gasteiger partial charge in [0.05, 0.1) is 6.10 Å². The maximum atomic E-state index is 12.2. The molecule has 0 saturated heterocycles. The molecule has 0 fully saturated rings. The van der Waals surface area contributed by atoms with Crippen LogP contribution in [0.4, 0.5) is 5.69 Å². The lowest BCUT2D eigenvalue weighted by atomic mass is 9.95. The van der Waals surface area contributed by atoms with Crippen LogP contribution in [0.15, 0.2) is 18.2 Å². The topological polar surface area (TPSA) is 66.6 Å². The molecule has 0 radical (unpaired) electrons. The van der Waals surface area contributed by atoms with Crippen LogP contribution in [0, 0.1) is 5.92 Å². The third kappa shape index (κ3) is 3.02. The molecule has 20 heavy (non-hydrogen) atoms. The highest BCUT2D eigenvalue weighted by Gasteiger charge is 2.24. The molecular formula is C16H24N2O2. The van der Waals surface area contributed by atoms with Gasteiger partial charge in [-0.3, -0.25) is 4.79 Å². The van der Waals surface area contributed by atoms with Crippen LogP contribution in [0.5, 0.6) is 0 Å². The van der Waals surface area contributed by atoms with E-state index >= 15 is 0 Å². The zero-order valence-corrected chi connectivity index (χ0v) is 12.3. The average molecular weight is 276 g/mol. The van der Waals surface area contributed by atoms with Crippen molar-refractivity contribution in [3.8, 4) is 0 Å². The number of hydrogen-bond donors (Lipinski definition) is 2. The highest BCUT2D eigenvalue weighted by molar-refractivity contribution is 5.95. The second-order valence-electron chi connectivity index (χ2n) is 5.73. The van der Waals surface area contributed by atoms with Crippen LogP contribution in [0.1, 0.15) is 43.9 Å². The number of amides is 1. The molecule has 0 saturated carbocycles. The molecule has 1 unspecified atom stereocenters. The molecule has 4 heteroatoms. The molecule has 1 atom stereocenters. The molecule has 1 aliphatic rings. The maximum Gasteiger partial charge on any atom is 0.229 e. The Labute approximate surface area is 120 Å². The van der Waals surface area contributed by atoms with Crippen LogP contribution < -0.4 is 10.6 Å². The van der Waals surface area contributed by atoms with Gasteiger partial charge in [0, 0.05) is 18.2 Å². The van der Waals surface area contributed by atoms with Crippen molar-refractivity contribution < 1.29 is 9.90 Å². The van der Waals surface area contributed by atoms with Gasteiger partial charge >= 0.3 is 0 Å². The number of aliphatic hydroxyl groups excluding tert-OH is 1. The van der Waals surface area contributed by atoms with Gasteiger partial charge in [0.2, 0.25) is 5.91 Å². The van der Waals surface area contributed by atoms with E-state index < -0.39 is 6.10 Å². The summed E-state index contributed by atoms with van der Waals surface area (Å²) in [7, 11) is 0. The van der Waals surface area contributed by atoms with Gasteiger partial charge < -0.3 is 15.7 Å². The predicted octanol–water partition coefficient (Wildman–Crippen LogP) is 2.00. The number of aryl methyl sites for hydroxylation is 1. The number of fused-ring (bicyclic) bond motifs is 1. The summed E-state index contributed by atoms with van der Waals surface area (Å²) in [6.45, 7) is 5.11. The fraction of sp³-hybridized carbons (Fsp3) is 0.562. The standard InChI is InChI=1S/C16H24N2O2/c1-11(2)16(20)18-9-3-4-12-10-13(5-6-14(12)18)15(19)7-8-17/h5-6,10-11,15,19H,3-4,7-9,17H2,1-2H3. The maximum absolute atomic E-state index is 12.2. The molecule has 0 aromatic heterocycles. The predicted molar refractivity (Wildman–Crippen MR) is 80.6 cm³/mol. The van der Waals surface area contributed by atoms with E-state index in [1.807, 2.05) is 36.9 Å². The molecule has 1 aromatic rings. The molecule has 1 aliphatic heterocycles. The van der Waals surface area contributed by atoms with E-state index in [1.54, 1.807) is 0 Å². The number of carbonyl (C=O) groups is 1. The Morgan fingerprint density at radius 3 is 2.85 bits per heavy atom. The van der Waals surface area contributed by atoms with Crippen LogP contribution in [-0.2, 0) is 11.2 Å². The van der Waals surface area contributed by atoms with E-state index in [9.17, 15) is 9.90 Å². The SMILES string of the molecule is CC(C)C(=O)N1CCCc2cc(C(O)CCN)ccc21. The third-order valence-electron chi connectivity index (χ3n) is 3.81. The lowest BCUT2D eigenvalue weighted by Gasteiger charge is -2.31. The van der Waals surface area contributed by atoms with Crippen molar-refractivity contribution in [2.75, 3.05) is 18.0 Å². The zero-order chi connectivity index (χ0) is 14.7. The van der Waals surface area contributed by atoms with Gasteiger partial charge in [-0.05, 0) is 43.0 Å². The van der Waals surface area contributed by atoms with Crippen molar-refractivity contribution >= 4 is 11.6 Å². The normalized spacial score (nSPS) is 16.1. The molecule has 2 rings (SSSR count). The van der Waals surface area contributed by atoms with E-state index in [4.69, 9.17) is 5.73 Å². The van der Waals surface area contributed by atoms with Crippen LogP contribution in [0.3, 0.4) is 0 Å². The Bertz CT molecular complexity index is 485. The highest BCUT2D eigenvalue weighted by Crippen LogP contribution is 2.31. The second kappa shape index (κ2) is 6.37. The number of aliphatic hydroxyl groups is 1. The third-order valence-corrected chi connectivity index (χ3v) is 3.81. The van der Waals surface area contributed by atoms with Gasteiger partial charge in [0.1, 0.15) is 0 Å². The summed E-state index contributed by atoms with van der Waals surface area (Å²) in [5.41, 5.74) is 8.53. The fourth-order valence-electron chi connectivity index (χ4n) is 2.69. The zero-order valence-electron chi connectivity index (χ0n) is 12.3. The van der Waals surface area contributed by atoms with Crippen LogP contribution in [0.25, 0.3) is 0 Å². The van der Waals surface area contributed by atoms with Crippen molar-refractivity contribution in [1.82, 2.24) is 0 Å². The molecule has 0 bridgehead atoms. The summed E-state index contributed by atoms with van der Waals surface area (Å²) in [5.74, 6) is 0.171. The molecule has 1 aromatic carbocycles. The number of anilines is 1. The summed E-state index contributed by atoms with van der Waals surface area (Å²) in [6, 6.07) is 5.89. The first kappa shape index (κ1) is 15.0. The minimum Gasteiger partial charge on any atom is -0.388 e. The van der Waals surface area contributed by atoms with Crippen LogP contribution in [-0.4, -0.2) is 24.1 Å². The van der Waals surface area contributed by atoms with Gasteiger partial charge in [-0.1, -0.05) is 26.0 Å². The Hall–Kier alpha value is -1.39. The monoisotopic (exact) mass is 276 g/mol. The van der Waals surface area contributed by atoms with Crippen molar-refractivity contribution in [3.05, 3.63) is 29.3 Å². The Morgan fingerprint density at radius 2 is 2.20 bits per heavy atom. The molecule has 0 aliphatic carbocycles. The van der Waals surface area contributed by atoms with E-state index in [-0.39, 0.29) is 11.8 Å². The molecule has 1 heterocycles. The summed E-state index contributed by atoms with van der Waals surface area (Å²) in [5, 5.41) is 10.0. The molecule has 4 nitrogen and oxygen atoms in total. The van der Waals surface area contributed by atoms with Gasteiger partial charge in [-0.15, -0.1) is 0 Å². The Morgan fingerprint density at radius 1 is 1.45 bits per heavy atom. The minimum atomic E-state index is -0.513. The van der Waals surface area contributed by atoms with E-state index in [1.165, 1.54) is 0 Å². The van der Waals surface area contributed by atoms with Gasteiger partial charge in [-0.2, -0.15) is 0 Å². The van der Waals surface area contributed by atoms with E-state index in [0.29, 0.717) is 13.0 Å². The molecule has 3 N–H and O–H groups in total. The van der Waals surface area contributed by atoms with Crippen LogP contribution in [0.2, 0.25) is 0 Å². The number of rotatable bonds is 4. The largest absolute Gasteiger partial charge is 0.388 e. The number of hydrogen-bond acceptors (Lipinski definition) is 3. The fourth-order valence-corrected chi connectivity index (χ4v) is 2.69. The number of benzene rings is 1. The number of carbonyl (C=O) groups excluding carboxylic acids is 1. The highest BCUT2D eigenvalue weighted by atomic mass is 16.3. The molecule has 0 spiro atoms. The van der Waals surface area contributed by atoms with Crippen LogP contribution >= 0.6 is 0 Å². The van der Waals surface area contributed by atoms with E-state index in [0.717, 1.165) is 36.2 Å². The van der Waals surface area contributed by atoms with Gasteiger partial charge in [0.15, 0.2) is 0 Å². The Kier molecular flexibility index (Phi) is 4.78. The minimum absolute atomic E-state index is 0.00320. The first-order chi connectivity index (χ1) is 9.54. The number of nitrogens with two attached hydrogens (primary N) is 1. The van der Waals surface area contributed by atoms with Gasteiger partial charge in [-0.25, -0.2) is 0 Å². The summed E-state index contributed by atoms with van der Waals surface area (Å²) < 4.78 is 0. The Balaban J connectivity index is 2.28. The van der Waals surface area contributed by atoms with Gasteiger partial charge in [0.25, 0.3) is 0 Å². The molecule has 110 valence electrons. The summed E-state index contributed by atoms with van der Waals surface area (Å²) in [6.07, 6.45) is 1.98. The second-order valence-corrected chi connectivity index (χ2v) is 5.73. The summed E-state index contributed by atoms with van der Waals surface area (Å²) in [4.78, 5) is 14.1. The summed E-state index contributed by atoms with van der Waals surface area (Å²) >= 11 is 0. The van der Waals surface area contributed by atoms with Crippen molar-refractivity contribution in [2.45, 2.75) is 39.2 Å². The molecular weight excluding hydrogens is 252 g/mol. The first-order valence-electron chi connectivity index (χ1n) is 7.37. The first-order valence-corrected chi connectivity index (χ1v) is 7.37. The van der Waals surface area contributed by atoms with Crippen molar-refractivity contribution in [3.63, 3.8) is 0 Å². The van der Waals surface area contributed by atoms with Crippen molar-refractivity contribution in [2.24, 2.45) is 11.7 Å². The quantitative estimate of drug-likeness (QED) is 0.884. The molecule has 1 amide bonds. The smallest absolute Gasteiger partial charge is 0.229 e. The lowest BCUT2D eigenvalue weighted by molar-refractivity contribution is -0.121. The van der Waals surface area contributed by atoms with Crippen molar-refractivity contribution in [1.29, 1.82) is 0 Å². The van der Waals surface area contributed by atoms with E-state index in [2.05, 4.69) is 0 Å².